The van der Waals surface area contributed by atoms with Gasteiger partial charge in [0.15, 0.2) is 0 Å². The lowest BCUT2D eigenvalue weighted by Crippen LogP contribution is -2.27. The van der Waals surface area contributed by atoms with Gasteiger partial charge in [-0.05, 0) is 24.0 Å². The van der Waals surface area contributed by atoms with Gasteiger partial charge in [-0.3, -0.25) is 14.8 Å². The topological polar surface area (TPSA) is 87.7 Å². The molecule has 1 aliphatic heterocycles. The molecule has 0 fully saturated rings. The lowest BCUT2D eigenvalue weighted by atomic mass is 10.0. The van der Waals surface area contributed by atoms with Crippen LogP contribution >= 0.6 is 0 Å². The second-order valence-corrected chi connectivity index (χ2v) is 7.88. The standard InChI is InChI=1S/C23H25N3O4/c1-14(2)9-18-16-11-17(20(27)12-19(16)25-24-18)23(28)26(3)21-13-29-22(30-21)10-15-7-5-4-6-8-15/h4-8,11-14,22,27H,9-10H2,1-3H3,(H,24,25). The van der Waals surface area contributed by atoms with Gasteiger partial charge < -0.3 is 14.6 Å². The third kappa shape index (κ3) is 3.96. The van der Waals surface area contributed by atoms with E-state index in [2.05, 4.69) is 24.0 Å². The number of hydrogen-bond acceptors (Lipinski definition) is 5. The Balaban J connectivity index is 1.51. The number of hydrogen-bond donors (Lipinski definition) is 2. The number of H-pyrrole nitrogens is 1. The molecule has 0 spiro atoms. The van der Waals surface area contributed by atoms with E-state index < -0.39 is 6.29 Å². The summed E-state index contributed by atoms with van der Waals surface area (Å²) in [4.78, 5) is 14.4. The molecule has 3 aromatic rings. The van der Waals surface area contributed by atoms with E-state index in [0.29, 0.717) is 23.7 Å². The number of nitrogens with zero attached hydrogens (tertiary/aromatic N) is 2. The number of aromatic nitrogens is 2. The van der Waals surface area contributed by atoms with Gasteiger partial charge in [-0.2, -0.15) is 5.10 Å². The van der Waals surface area contributed by atoms with Crippen LogP contribution in [0.15, 0.2) is 54.6 Å². The predicted molar refractivity (Wildman–Crippen MR) is 113 cm³/mol. The van der Waals surface area contributed by atoms with E-state index in [1.807, 2.05) is 30.3 Å². The summed E-state index contributed by atoms with van der Waals surface area (Å²) in [6.07, 6.45) is 2.27. The number of rotatable bonds is 6. The number of carbonyl (C=O) groups excluding carboxylic acids is 1. The number of ether oxygens (including phenoxy) is 2. The van der Waals surface area contributed by atoms with Crippen molar-refractivity contribution in [1.82, 2.24) is 15.1 Å². The van der Waals surface area contributed by atoms with Crippen LogP contribution in [0.2, 0.25) is 0 Å². The molecule has 1 atom stereocenters. The smallest absolute Gasteiger partial charge is 0.264 e. The molecule has 1 unspecified atom stereocenters. The van der Waals surface area contributed by atoms with E-state index in [1.165, 1.54) is 17.2 Å². The number of phenols is 1. The van der Waals surface area contributed by atoms with Gasteiger partial charge in [-0.1, -0.05) is 44.2 Å². The number of nitrogens with one attached hydrogen (secondary N) is 1. The Morgan fingerprint density at radius 2 is 2.03 bits per heavy atom. The molecule has 30 heavy (non-hydrogen) atoms. The first kappa shape index (κ1) is 19.8. The van der Waals surface area contributed by atoms with E-state index >= 15 is 0 Å². The molecule has 1 aliphatic rings. The Bertz CT molecular complexity index is 1090. The molecule has 0 saturated heterocycles. The first-order chi connectivity index (χ1) is 14.4. The summed E-state index contributed by atoms with van der Waals surface area (Å²) in [5.41, 5.74) is 2.84. The second-order valence-electron chi connectivity index (χ2n) is 7.88. The van der Waals surface area contributed by atoms with Crippen molar-refractivity contribution < 1.29 is 19.4 Å². The fourth-order valence-corrected chi connectivity index (χ4v) is 3.48. The van der Waals surface area contributed by atoms with Crippen LogP contribution in [0.4, 0.5) is 0 Å². The summed E-state index contributed by atoms with van der Waals surface area (Å²) in [5, 5.41) is 18.5. The minimum atomic E-state index is -0.500. The lowest BCUT2D eigenvalue weighted by molar-refractivity contribution is -0.0432. The van der Waals surface area contributed by atoms with Crippen LogP contribution in [0.5, 0.6) is 5.75 Å². The molecule has 0 aliphatic carbocycles. The maximum Gasteiger partial charge on any atom is 0.264 e. The Kier molecular flexibility index (Phi) is 5.35. The maximum atomic E-state index is 13.1. The molecule has 0 bridgehead atoms. The van der Waals surface area contributed by atoms with Gasteiger partial charge in [0, 0.05) is 24.9 Å². The van der Waals surface area contributed by atoms with E-state index in [0.717, 1.165) is 23.1 Å². The number of fused-ring (bicyclic) bond motifs is 1. The molecule has 156 valence electrons. The third-order valence-corrected chi connectivity index (χ3v) is 5.04. The van der Waals surface area contributed by atoms with E-state index in [1.54, 1.807) is 13.1 Å². The third-order valence-electron chi connectivity index (χ3n) is 5.04. The quantitative estimate of drug-likeness (QED) is 0.646. The van der Waals surface area contributed by atoms with Crippen molar-refractivity contribution in [3.8, 4) is 5.75 Å². The van der Waals surface area contributed by atoms with Gasteiger partial charge in [0.2, 0.25) is 12.2 Å². The number of aromatic amines is 1. The first-order valence-corrected chi connectivity index (χ1v) is 9.96. The van der Waals surface area contributed by atoms with Crippen LogP contribution in [0.3, 0.4) is 0 Å². The molecular formula is C23H25N3O4. The average molecular weight is 407 g/mol. The fourth-order valence-electron chi connectivity index (χ4n) is 3.48. The number of aromatic hydroxyl groups is 1. The maximum absolute atomic E-state index is 13.1. The van der Waals surface area contributed by atoms with Crippen molar-refractivity contribution in [3.05, 3.63) is 71.4 Å². The van der Waals surface area contributed by atoms with Gasteiger partial charge in [0.05, 0.1) is 16.8 Å². The molecule has 7 nitrogen and oxygen atoms in total. The summed E-state index contributed by atoms with van der Waals surface area (Å²) in [6.45, 7) is 4.22. The molecule has 7 heteroatoms. The van der Waals surface area contributed by atoms with Gasteiger partial charge in [0.1, 0.15) is 12.0 Å². The zero-order chi connectivity index (χ0) is 21.3. The molecule has 0 radical (unpaired) electrons. The van der Waals surface area contributed by atoms with Crippen molar-refractivity contribution in [2.24, 2.45) is 5.92 Å². The van der Waals surface area contributed by atoms with Crippen molar-refractivity contribution in [2.45, 2.75) is 33.0 Å². The van der Waals surface area contributed by atoms with Gasteiger partial charge in [-0.25, -0.2) is 0 Å². The normalized spacial score (nSPS) is 15.7. The Hall–Kier alpha value is -3.48. The SMILES string of the molecule is CC(C)Cc1n[nH]c2cc(O)c(C(=O)N(C)C3=COC(Cc4ccccc4)O3)cc12. The summed E-state index contributed by atoms with van der Waals surface area (Å²) in [5.74, 6) is 0.221. The number of phenolic OH excluding ortho intramolecular Hbond substituents is 1. The van der Waals surface area contributed by atoms with Crippen LogP contribution in [-0.2, 0) is 22.3 Å². The van der Waals surface area contributed by atoms with Crippen molar-refractivity contribution in [2.75, 3.05) is 7.05 Å². The minimum Gasteiger partial charge on any atom is -0.507 e. The van der Waals surface area contributed by atoms with Crippen molar-refractivity contribution in [1.29, 1.82) is 0 Å². The predicted octanol–water partition coefficient (Wildman–Crippen LogP) is 3.95. The molecule has 1 aromatic heterocycles. The molecule has 2 aromatic carbocycles. The highest BCUT2D eigenvalue weighted by Gasteiger charge is 2.28. The van der Waals surface area contributed by atoms with Crippen LogP contribution in [0.25, 0.3) is 10.9 Å². The molecule has 4 rings (SSSR count). The summed E-state index contributed by atoms with van der Waals surface area (Å²) < 4.78 is 11.4. The lowest BCUT2D eigenvalue weighted by Gasteiger charge is -2.19. The molecule has 2 N–H and O–H groups in total. The molecule has 1 amide bonds. The Morgan fingerprint density at radius 3 is 2.77 bits per heavy atom. The zero-order valence-corrected chi connectivity index (χ0v) is 17.3. The van der Waals surface area contributed by atoms with Gasteiger partial charge in [0.25, 0.3) is 5.91 Å². The number of benzene rings is 2. The zero-order valence-electron chi connectivity index (χ0n) is 17.3. The van der Waals surface area contributed by atoms with Crippen LogP contribution in [0, 0.1) is 5.92 Å². The largest absolute Gasteiger partial charge is 0.507 e. The first-order valence-electron chi connectivity index (χ1n) is 9.96. The van der Waals surface area contributed by atoms with Crippen molar-refractivity contribution >= 4 is 16.8 Å². The van der Waals surface area contributed by atoms with E-state index in [9.17, 15) is 9.90 Å². The summed E-state index contributed by atoms with van der Waals surface area (Å²) >= 11 is 0. The highest BCUT2D eigenvalue weighted by atomic mass is 16.7. The second kappa shape index (κ2) is 8.10. The van der Waals surface area contributed by atoms with Crippen LogP contribution in [0.1, 0.15) is 35.5 Å². The minimum absolute atomic E-state index is 0.112. The number of amides is 1. The molecule has 0 saturated carbocycles. The summed E-state index contributed by atoms with van der Waals surface area (Å²) in [6, 6.07) is 13.1. The average Bonchev–Trinajstić information content (AvgIpc) is 3.34. The highest BCUT2D eigenvalue weighted by Crippen LogP contribution is 2.29. The van der Waals surface area contributed by atoms with Gasteiger partial charge >= 0.3 is 0 Å². The monoisotopic (exact) mass is 407 g/mol. The van der Waals surface area contributed by atoms with Crippen LogP contribution < -0.4 is 0 Å². The van der Waals surface area contributed by atoms with Gasteiger partial charge in [-0.15, -0.1) is 0 Å². The highest BCUT2D eigenvalue weighted by molar-refractivity contribution is 6.01. The van der Waals surface area contributed by atoms with Crippen molar-refractivity contribution in [3.63, 3.8) is 0 Å². The van der Waals surface area contributed by atoms with E-state index in [-0.39, 0.29) is 17.2 Å². The molecular weight excluding hydrogens is 382 g/mol. The number of carbonyl (C=O) groups is 1. The molecule has 2 heterocycles. The summed E-state index contributed by atoms with van der Waals surface area (Å²) in [7, 11) is 1.59. The fraction of sp³-hybridized carbons (Fsp3) is 0.304. The Labute approximate surface area is 174 Å². The Morgan fingerprint density at radius 1 is 1.27 bits per heavy atom. The van der Waals surface area contributed by atoms with E-state index in [4.69, 9.17) is 9.47 Å². The van der Waals surface area contributed by atoms with Crippen LogP contribution in [-0.4, -0.2) is 39.4 Å².